The predicted octanol–water partition coefficient (Wildman–Crippen LogP) is 3.68. The Morgan fingerprint density at radius 3 is 2.59 bits per heavy atom. The van der Waals surface area contributed by atoms with Crippen molar-refractivity contribution in [1.82, 2.24) is 9.88 Å². The molecule has 0 spiro atoms. The van der Waals surface area contributed by atoms with Gasteiger partial charge >= 0.3 is 0 Å². The number of nitrogens with zero attached hydrogens (tertiary/aromatic N) is 2. The van der Waals surface area contributed by atoms with Crippen LogP contribution in [0.1, 0.15) is 34.5 Å². The number of nitrogens with one attached hydrogen (secondary N) is 1. The molecule has 0 atom stereocenters. The zero-order valence-corrected chi connectivity index (χ0v) is 13.1. The zero-order chi connectivity index (χ0) is 15.5. The molecule has 2 aromatic rings. The minimum Gasteiger partial charge on any atom is -0.354 e. The van der Waals surface area contributed by atoms with E-state index in [2.05, 4.69) is 42.3 Å². The molecule has 1 N–H and O–H groups in total. The third-order valence-corrected chi connectivity index (χ3v) is 4.05. The topological polar surface area (TPSA) is 45.2 Å². The van der Waals surface area contributed by atoms with Gasteiger partial charge in [0.2, 0.25) is 0 Å². The highest BCUT2D eigenvalue weighted by atomic mass is 16.2. The van der Waals surface area contributed by atoms with Crippen molar-refractivity contribution in [3.8, 4) is 0 Å². The minimum absolute atomic E-state index is 0.0378. The normalized spacial score (nSPS) is 14.2. The summed E-state index contributed by atoms with van der Waals surface area (Å²) in [6, 6.07) is 10.0. The molecule has 1 amide bonds. The van der Waals surface area contributed by atoms with Crippen LogP contribution in [-0.2, 0) is 0 Å². The Labute approximate surface area is 131 Å². The molecule has 0 aliphatic carbocycles. The van der Waals surface area contributed by atoms with Crippen LogP contribution in [0.5, 0.6) is 0 Å². The number of anilines is 2. The zero-order valence-electron chi connectivity index (χ0n) is 13.1. The maximum Gasteiger partial charge on any atom is 0.272 e. The van der Waals surface area contributed by atoms with Gasteiger partial charge in [0.25, 0.3) is 5.91 Å². The van der Waals surface area contributed by atoms with Gasteiger partial charge in [0, 0.05) is 18.8 Å². The van der Waals surface area contributed by atoms with E-state index < -0.39 is 0 Å². The summed E-state index contributed by atoms with van der Waals surface area (Å²) in [7, 11) is 0. The lowest BCUT2D eigenvalue weighted by Crippen LogP contribution is -2.28. The molecule has 0 bridgehead atoms. The molecule has 1 saturated heterocycles. The SMILES string of the molecule is Cc1ccc(C)c(Nc2ccc(C(=O)N3CCCC3)nc2)c1. The van der Waals surface area contributed by atoms with E-state index in [0.29, 0.717) is 5.69 Å². The maximum absolute atomic E-state index is 12.3. The highest BCUT2D eigenvalue weighted by Crippen LogP contribution is 2.21. The Kier molecular flexibility index (Phi) is 4.09. The fourth-order valence-electron chi connectivity index (χ4n) is 2.70. The van der Waals surface area contributed by atoms with Crippen LogP contribution in [0.4, 0.5) is 11.4 Å². The second-order valence-electron chi connectivity index (χ2n) is 5.87. The van der Waals surface area contributed by atoms with Crippen molar-refractivity contribution >= 4 is 17.3 Å². The van der Waals surface area contributed by atoms with Crippen LogP contribution in [0, 0.1) is 13.8 Å². The van der Waals surface area contributed by atoms with E-state index in [-0.39, 0.29) is 5.91 Å². The number of carbonyl (C=O) groups is 1. The molecule has 1 fully saturated rings. The smallest absolute Gasteiger partial charge is 0.272 e. The Bertz CT molecular complexity index is 673. The summed E-state index contributed by atoms with van der Waals surface area (Å²) in [4.78, 5) is 18.5. The lowest BCUT2D eigenvalue weighted by Gasteiger charge is -2.15. The third-order valence-electron chi connectivity index (χ3n) is 4.05. The number of hydrogen-bond acceptors (Lipinski definition) is 3. The summed E-state index contributed by atoms with van der Waals surface area (Å²) in [5.74, 6) is 0.0378. The average Bonchev–Trinajstić information content (AvgIpc) is 3.05. The van der Waals surface area contributed by atoms with E-state index in [4.69, 9.17) is 0 Å². The number of benzene rings is 1. The quantitative estimate of drug-likeness (QED) is 0.939. The second kappa shape index (κ2) is 6.18. The standard InChI is InChI=1S/C18H21N3O/c1-13-5-6-14(2)17(11-13)20-15-7-8-16(19-12-15)18(22)21-9-3-4-10-21/h5-8,11-12,20H,3-4,9-10H2,1-2H3. The summed E-state index contributed by atoms with van der Waals surface area (Å²) < 4.78 is 0. The minimum atomic E-state index is 0.0378. The molecule has 0 radical (unpaired) electrons. The van der Waals surface area contributed by atoms with Crippen LogP contribution in [0.3, 0.4) is 0 Å². The van der Waals surface area contributed by atoms with Gasteiger partial charge in [-0.1, -0.05) is 12.1 Å². The number of aryl methyl sites for hydroxylation is 2. The fraction of sp³-hybridized carbons (Fsp3) is 0.333. The van der Waals surface area contributed by atoms with Gasteiger partial charge in [-0.15, -0.1) is 0 Å². The van der Waals surface area contributed by atoms with Gasteiger partial charge in [-0.2, -0.15) is 0 Å². The third kappa shape index (κ3) is 3.11. The van der Waals surface area contributed by atoms with E-state index in [9.17, 15) is 4.79 Å². The molecule has 2 heterocycles. The number of amides is 1. The Morgan fingerprint density at radius 2 is 1.91 bits per heavy atom. The van der Waals surface area contributed by atoms with Crippen molar-refractivity contribution in [2.24, 2.45) is 0 Å². The van der Waals surface area contributed by atoms with Gasteiger partial charge < -0.3 is 10.2 Å². The van der Waals surface area contributed by atoms with Crippen LogP contribution < -0.4 is 5.32 Å². The number of rotatable bonds is 3. The van der Waals surface area contributed by atoms with Gasteiger partial charge in [0.05, 0.1) is 11.9 Å². The number of likely N-dealkylation sites (tertiary alicyclic amines) is 1. The Morgan fingerprint density at radius 1 is 1.14 bits per heavy atom. The molecule has 3 rings (SSSR count). The first-order valence-corrected chi connectivity index (χ1v) is 7.73. The highest BCUT2D eigenvalue weighted by Gasteiger charge is 2.20. The number of pyridine rings is 1. The van der Waals surface area contributed by atoms with Crippen molar-refractivity contribution < 1.29 is 4.79 Å². The van der Waals surface area contributed by atoms with Crippen molar-refractivity contribution in [1.29, 1.82) is 0 Å². The maximum atomic E-state index is 12.3. The van der Waals surface area contributed by atoms with Crippen LogP contribution in [0.15, 0.2) is 36.5 Å². The average molecular weight is 295 g/mol. The Balaban J connectivity index is 1.74. The van der Waals surface area contributed by atoms with E-state index >= 15 is 0 Å². The van der Waals surface area contributed by atoms with E-state index in [0.717, 1.165) is 37.3 Å². The summed E-state index contributed by atoms with van der Waals surface area (Å²) >= 11 is 0. The van der Waals surface area contributed by atoms with Crippen LogP contribution in [0.2, 0.25) is 0 Å². The molecule has 22 heavy (non-hydrogen) atoms. The van der Waals surface area contributed by atoms with E-state index in [1.165, 1.54) is 11.1 Å². The van der Waals surface area contributed by atoms with Crippen LogP contribution in [-0.4, -0.2) is 28.9 Å². The highest BCUT2D eigenvalue weighted by molar-refractivity contribution is 5.92. The first kappa shape index (κ1) is 14.6. The summed E-state index contributed by atoms with van der Waals surface area (Å²) in [5, 5.41) is 3.36. The molecule has 114 valence electrons. The molecular formula is C18H21N3O. The van der Waals surface area contributed by atoms with Crippen molar-refractivity contribution in [3.05, 3.63) is 53.3 Å². The molecule has 0 unspecified atom stereocenters. The second-order valence-corrected chi connectivity index (χ2v) is 5.87. The van der Waals surface area contributed by atoms with Crippen LogP contribution >= 0.6 is 0 Å². The van der Waals surface area contributed by atoms with Crippen molar-refractivity contribution in [2.45, 2.75) is 26.7 Å². The predicted molar refractivity (Wildman–Crippen MR) is 88.6 cm³/mol. The molecule has 1 aliphatic heterocycles. The van der Waals surface area contributed by atoms with Gasteiger partial charge in [-0.25, -0.2) is 4.98 Å². The number of carbonyl (C=O) groups excluding carboxylic acids is 1. The Hall–Kier alpha value is -2.36. The molecule has 1 aliphatic rings. The molecular weight excluding hydrogens is 274 g/mol. The first-order chi connectivity index (χ1) is 10.6. The van der Waals surface area contributed by atoms with E-state index in [1.807, 2.05) is 11.0 Å². The van der Waals surface area contributed by atoms with Gasteiger partial charge in [-0.3, -0.25) is 4.79 Å². The molecule has 4 heteroatoms. The monoisotopic (exact) mass is 295 g/mol. The van der Waals surface area contributed by atoms with E-state index in [1.54, 1.807) is 12.3 Å². The van der Waals surface area contributed by atoms with Crippen molar-refractivity contribution in [3.63, 3.8) is 0 Å². The van der Waals surface area contributed by atoms with Gasteiger partial charge in [0.1, 0.15) is 5.69 Å². The summed E-state index contributed by atoms with van der Waals surface area (Å²) in [6.45, 7) is 5.84. The van der Waals surface area contributed by atoms with Gasteiger partial charge in [0.15, 0.2) is 0 Å². The molecule has 1 aromatic heterocycles. The van der Waals surface area contributed by atoms with Gasteiger partial charge in [-0.05, 0) is 56.0 Å². The number of aromatic nitrogens is 1. The lowest BCUT2D eigenvalue weighted by atomic mass is 10.1. The largest absolute Gasteiger partial charge is 0.354 e. The van der Waals surface area contributed by atoms with Crippen molar-refractivity contribution in [2.75, 3.05) is 18.4 Å². The summed E-state index contributed by atoms with van der Waals surface area (Å²) in [6.07, 6.45) is 3.92. The lowest BCUT2D eigenvalue weighted by molar-refractivity contribution is 0.0787. The summed E-state index contributed by atoms with van der Waals surface area (Å²) in [5.41, 5.74) is 4.88. The number of hydrogen-bond donors (Lipinski definition) is 1. The fourth-order valence-corrected chi connectivity index (χ4v) is 2.70. The molecule has 1 aromatic carbocycles. The van der Waals surface area contributed by atoms with Crippen LogP contribution in [0.25, 0.3) is 0 Å². The first-order valence-electron chi connectivity index (χ1n) is 7.73. The molecule has 4 nitrogen and oxygen atoms in total. The molecule has 0 saturated carbocycles.